The van der Waals surface area contributed by atoms with E-state index in [2.05, 4.69) is 71.6 Å². The van der Waals surface area contributed by atoms with Crippen LogP contribution in [0.15, 0.2) is 78.9 Å². The average Bonchev–Trinajstić information content (AvgIpc) is 2.63. The summed E-state index contributed by atoms with van der Waals surface area (Å²) < 4.78 is 0. The van der Waals surface area contributed by atoms with Crippen molar-refractivity contribution in [1.29, 1.82) is 0 Å². The Balaban J connectivity index is 1.71. The fourth-order valence-corrected chi connectivity index (χ4v) is 3.67. The minimum absolute atomic E-state index is 0.344. The fraction of sp³-hybridized carbons (Fsp3) is 0.182. The van der Waals surface area contributed by atoms with Gasteiger partial charge in [0.05, 0.1) is 0 Å². The second-order valence-corrected chi connectivity index (χ2v) is 6.40. The van der Waals surface area contributed by atoms with Gasteiger partial charge in [0.15, 0.2) is 0 Å². The van der Waals surface area contributed by atoms with Crippen LogP contribution >= 0.6 is 0 Å². The van der Waals surface area contributed by atoms with Crippen LogP contribution in [0.25, 0.3) is 0 Å². The van der Waals surface area contributed by atoms with Crippen LogP contribution < -0.4 is 4.90 Å². The van der Waals surface area contributed by atoms with Crippen LogP contribution in [0.3, 0.4) is 0 Å². The van der Waals surface area contributed by atoms with Gasteiger partial charge < -0.3 is 10.0 Å². The number of anilines is 1. The van der Waals surface area contributed by atoms with Gasteiger partial charge in [-0.2, -0.15) is 0 Å². The van der Waals surface area contributed by atoms with Crippen LogP contribution in [0.5, 0.6) is 5.75 Å². The molecule has 1 aliphatic heterocycles. The molecule has 4 rings (SSSR count). The Hall–Kier alpha value is -2.74. The van der Waals surface area contributed by atoms with Gasteiger partial charge in [-0.1, -0.05) is 60.7 Å². The third-order valence-corrected chi connectivity index (χ3v) is 4.83. The molecule has 0 aliphatic carbocycles. The number of nitrogens with zero attached hydrogens (tertiary/aromatic N) is 1. The van der Waals surface area contributed by atoms with Gasteiger partial charge in [-0.05, 0) is 41.3 Å². The Morgan fingerprint density at radius 2 is 1.58 bits per heavy atom. The Morgan fingerprint density at radius 1 is 0.875 bits per heavy atom. The lowest BCUT2D eigenvalue weighted by molar-refractivity contribution is 0.473. The summed E-state index contributed by atoms with van der Waals surface area (Å²) in [5.74, 6) is 0.691. The summed E-state index contributed by atoms with van der Waals surface area (Å²) >= 11 is 0. The van der Waals surface area contributed by atoms with Gasteiger partial charge in [0.1, 0.15) is 5.75 Å². The van der Waals surface area contributed by atoms with E-state index in [-0.39, 0.29) is 0 Å². The van der Waals surface area contributed by atoms with E-state index in [0.717, 1.165) is 19.5 Å². The van der Waals surface area contributed by atoms with Crippen LogP contribution in [0, 0.1) is 0 Å². The highest BCUT2D eigenvalue weighted by Crippen LogP contribution is 2.41. The Morgan fingerprint density at radius 3 is 2.33 bits per heavy atom. The van der Waals surface area contributed by atoms with Gasteiger partial charge in [0.2, 0.25) is 0 Å². The minimum Gasteiger partial charge on any atom is -0.508 e. The lowest BCUT2D eigenvalue weighted by Gasteiger charge is -2.36. The van der Waals surface area contributed by atoms with E-state index in [1.807, 2.05) is 6.07 Å². The van der Waals surface area contributed by atoms with E-state index >= 15 is 0 Å². The molecule has 0 bridgehead atoms. The average molecular weight is 315 g/mol. The fourth-order valence-electron chi connectivity index (χ4n) is 3.67. The predicted octanol–water partition coefficient (Wildman–Crippen LogP) is 4.93. The van der Waals surface area contributed by atoms with E-state index in [4.69, 9.17) is 0 Å². The summed E-state index contributed by atoms with van der Waals surface area (Å²) in [5, 5.41) is 10.0. The van der Waals surface area contributed by atoms with Crippen molar-refractivity contribution in [2.45, 2.75) is 18.9 Å². The number of phenolic OH excluding ortho intramolecular Hbond substituents is 1. The van der Waals surface area contributed by atoms with Crippen LogP contribution in [-0.4, -0.2) is 11.7 Å². The highest BCUT2D eigenvalue weighted by atomic mass is 16.3. The maximum atomic E-state index is 10.0. The second kappa shape index (κ2) is 6.40. The zero-order chi connectivity index (χ0) is 16.4. The third kappa shape index (κ3) is 2.88. The molecule has 3 aromatic rings. The van der Waals surface area contributed by atoms with Gasteiger partial charge in [0.25, 0.3) is 0 Å². The number of aromatic hydroxyl groups is 1. The van der Waals surface area contributed by atoms with Crippen molar-refractivity contribution in [3.05, 3.63) is 95.6 Å². The van der Waals surface area contributed by atoms with E-state index < -0.39 is 0 Å². The molecule has 3 aromatic carbocycles. The first-order valence-electron chi connectivity index (χ1n) is 8.48. The standard InChI is InChI=1S/C22H21NO/c24-19-11-12-22-21(15-19)20(18-9-5-2-6-10-18)13-14-23(22)16-17-7-3-1-4-8-17/h1-12,15,20,24H,13-14,16H2. The number of benzene rings is 3. The van der Waals surface area contributed by atoms with Crippen LogP contribution in [0.1, 0.15) is 29.0 Å². The number of rotatable bonds is 3. The molecule has 0 aromatic heterocycles. The topological polar surface area (TPSA) is 23.5 Å². The van der Waals surface area contributed by atoms with E-state index in [1.54, 1.807) is 6.07 Å². The normalized spacial score (nSPS) is 16.7. The zero-order valence-electron chi connectivity index (χ0n) is 13.6. The van der Waals surface area contributed by atoms with Gasteiger partial charge in [-0.3, -0.25) is 0 Å². The molecule has 0 amide bonds. The molecular weight excluding hydrogens is 294 g/mol. The SMILES string of the molecule is Oc1ccc2c(c1)C(c1ccccc1)CCN2Cc1ccccc1. The predicted molar refractivity (Wildman–Crippen MR) is 98.5 cm³/mol. The molecule has 1 heterocycles. The number of hydrogen-bond donors (Lipinski definition) is 1. The highest BCUT2D eigenvalue weighted by molar-refractivity contribution is 5.61. The Kier molecular flexibility index (Phi) is 3.96. The maximum absolute atomic E-state index is 10.0. The minimum atomic E-state index is 0.344. The quantitative estimate of drug-likeness (QED) is 0.740. The number of fused-ring (bicyclic) bond motifs is 1. The van der Waals surface area contributed by atoms with Crippen molar-refractivity contribution < 1.29 is 5.11 Å². The van der Waals surface area contributed by atoms with Gasteiger partial charge >= 0.3 is 0 Å². The van der Waals surface area contributed by atoms with Gasteiger partial charge in [-0.25, -0.2) is 0 Å². The van der Waals surface area contributed by atoms with Gasteiger partial charge in [0, 0.05) is 24.7 Å². The van der Waals surface area contributed by atoms with Gasteiger partial charge in [-0.15, -0.1) is 0 Å². The zero-order valence-corrected chi connectivity index (χ0v) is 13.6. The van der Waals surface area contributed by atoms with Crippen molar-refractivity contribution >= 4 is 5.69 Å². The second-order valence-electron chi connectivity index (χ2n) is 6.40. The molecule has 0 saturated carbocycles. The smallest absolute Gasteiger partial charge is 0.116 e. The van der Waals surface area contributed by atoms with Crippen LogP contribution in [0.4, 0.5) is 5.69 Å². The summed E-state index contributed by atoms with van der Waals surface area (Å²) in [4.78, 5) is 2.42. The summed E-state index contributed by atoms with van der Waals surface area (Å²) in [6.07, 6.45) is 1.06. The molecule has 120 valence electrons. The maximum Gasteiger partial charge on any atom is 0.116 e. The lowest BCUT2D eigenvalue weighted by atomic mass is 9.84. The molecule has 0 fully saturated rings. The molecule has 2 heteroatoms. The van der Waals surface area contributed by atoms with E-state index in [0.29, 0.717) is 11.7 Å². The molecule has 1 aliphatic rings. The first-order valence-corrected chi connectivity index (χ1v) is 8.48. The molecule has 0 spiro atoms. The molecular formula is C22H21NO. The number of hydrogen-bond acceptors (Lipinski definition) is 2. The monoisotopic (exact) mass is 315 g/mol. The first kappa shape index (κ1) is 14.8. The van der Waals surface area contributed by atoms with Crippen molar-refractivity contribution in [2.24, 2.45) is 0 Å². The summed E-state index contributed by atoms with van der Waals surface area (Å²) in [7, 11) is 0. The molecule has 1 atom stereocenters. The summed E-state index contributed by atoms with van der Waals surface area (Å²) in [5.41, 5.74) is 5.10. The molecule has 1 unspecified atom stereocenters. The van der Waals surface area contributed by atoms with Crippen molar-refractivity contribution in [1.82, 2.24) is 0 Å². The molecule has 24 heavy (non-hydrogen) atoms. The Labute approximate surface area is 143 Å². The lowest BCUT2D eigenvalue weighted by Crippen LogP contribution is -2.31. The van der Waals surface area contributed by atoms with Crippen molar-refractivity contribution in [3.8, 4) is 5.75 Å². The summed E-state index contributed by atoms with van der Waals surface area (Å²) in [6.45, 7) is 1.92. The van der Waals surface area contributed by atoms with E-state index in [1.165, 1.54) is 22.4 Å². The van der Waals surface area contributed by atoms with Crippen molar-refractivity contribution in [3.63, 3.8) is 0 Å². The number of phenols is 1. The van der Waals surface area contributed by atoms with Crippen LogP contribution in [-0.2, 0) is 6.54 Å². The van der Waals surface area contributed by atoms with Crippen molar-refractivity contribution in [2.75, 3.05) is 11.4 Å². The van der Waals surface area contributed by atoms with E-state index in [9.17, 15) is 5.11 Å². The third-order valence-electron chi connectivity index (χ3n) is 4.83. The highest BCUT2D eigenvalue weighted by Gasteiger charge is 2.26. The first-order chi connectivity index (χ1) is 11.8. The van der Waals surface area contributed by atoms with Crippen LogP contribution in [0.2, 0.25) is 0 Å². The molecule has 0 saturated heterocycles. The Bertz CT molecular complexity index is 814. The molecule has 2 nitrogen and oxygen atoms in total. The summed E-state index contributed by atoms with van der Waals surface area (Å²) in [6, 6.07) is 27.0. The molecule has 1 N–H and O–H groups in total. The largest absolute Gasteiger partial charge is 0.508 e. The molecule has 0 radical (unpaired) electrons.